The van der Waals surface area contributed by atoms with E-state index in [0.29, 0.717) is 12.6 Å². The van der Waals surface area contributed by atoms with Gasteiger partial charge in [0.1, 0.15) is 6.17 Å². The van der Waals surface area contributed by atoms with Crippen molar-refractivity contribution in [2.45, 2.75) is 18.6 Å². The second-order valence-corrected chi connectivity index (χ2v) is 3.19. The van der Waals surface area contributed by atoms with Gasteiger partial charge in [0.15, 0.2) is 0 Å². The number of hydrogen-bond donors (Lipinski definition) is 1. The average Bonchev–Trinajstić information content (AvgIpc) is 2.27. The van der Waals surface area contributed by atoms with Crippen LogP contribution in [0, 0.1) is 0 Å². The van der Waals surface area contributed by atoms with Gasteiger partial charge in [0.05, 0.1) is 0 Å². The molecule has 0 bridgehead atoms. The summed E-state index contributed by atoms with van der Waals surface area (Å²) in [6, 6.07) is 0.490. The summed E-state index contributed by atoms with van der Waals surface area (Å²) in [5, 5.41) is 3.27. The van der Waals surface area contributed by atoms with Crippen molar-refractivity contribution < 1.29 is 4.39 Å². The molecule has 2 aliphatic heterocycles. The summed E-state index contributed by atoms with van der Waals surface area (Å²) in [7, 11) is 0. The van der Waals surface area contributed by atoms with E-state index in [1.54, 1.807) is 0 Å². The summed E-state index contributed by atoms with van der Waals surface area (Å²) in [4.78, 5) is 2.25. The third-order valence-corrected chi connectivity index (χ3v) is 2.43. The Morgan fingerprint density at radius 3 is 3.20 bits per heavy atom. The highest BCUT2D eigenvalue weighted by Crippen LogP contribution is 2.20. The Balaban J connectivity index is 1.97. The second kappa shape index (κ2) is 2.47. The summed E-state index contributed by atoms with van der Waals surface area (Å²) in [5.41, 5.74) is 0. The Kier molecular flexibility index (Phi) is 1.62. The highest BCUT2D eigenvalue weighted by molar-refractivity contribution is 4.89. The maximum Gasteiger partial charge on any atom is 0.114 e. The molecule has 0 spiro atoms. The zero-order valence-corrected chi connectivity index (χ0v) is 6.02. The standard InChI is InChI=1S/C7H13FN2/c8-6-3-7-4-9-1-2-10(7)5-6/h6-7,9H,1-5H2/t6-,7?/m0/s1. The lowest BCUT2D eigenvalue weighted by molar-refractivity contribution is 0.207. The molecule has 2 rings (SSSR count). The van der Waals surface area contributed by atoms with Crippen LogP contribution in [-0.2, 0) is 0 Å². The van der Waals surface area contributed by atoms with E-state index < -0.39 is 6.17 Å². The molecule has 0 aromatic carbocycles. The molecule has 0 amide bonds. The molecule has 1 unspecified atom stereocenters. The van der Waals surface area contributed by atoms with Gasteiger partial charge in [-0.3, -0.25) is 4.90 Å². The van der Waals surface area contributed by atoms with E-state index in [-0.39, 0.29) is 0 Å². The van der Waals surface area contributed by atoms with Gasteiger partial charge in [-0.2, -0.15) is 0 Å². The fraction of sp³-hybridized carbons (Fsp3) is 1.00. The number of halogens is 1. The van der Waals surface area contributed by atoms with Crippen LogP contribution in [0.4, 0.5) is 4.39 Å². The molecule has 1 N–H and O–H groups in total. The van der Waals surface area contributed by atoms with Gasteiger partial charge in [0, 0.05) is 32.2 Å². The third-order valence-electron chi connectivity index (χ3n) is 2.43. The number of rotatable bonds is 0. The first-order valence-electron chi connectivity index (χ1n) is 3.95. The molecule has 0 aliphatic carbocycles. The molecule has 0 aromatic rings. The average molecular weight is 144 g/mol. The van der Waals surface area contributed by atoms with Crippen molar-refractivity contribution in [2.24, 2.45) is 0 Å². The second-order valence-electron chi connectivity index (χ2n) is 3.19. The fourth-order valence-corrected chi connectivity index (χ4v) is 1.90. The van der Waals surface area contributed by atoms with Gasteiger partial charge in [-0.15, -0.1) is 0 Å². The smallest absolute Gasteiger partial charge is 0.114 e. The maximum absolute atomic E-state index is 12.8. The third kappa shape index (κ3) is 1.04. The summed E-state index contributed by atoms with van der Waals surface area (Å²) in [6.07, 6.45) is 0.178. The lowest BCUT2D eigenvalue weighted by Gasteiger charge is -2.29. The van der Waals surface area contributed by atoms with Gasteiger partial charge in [0.2, 0.25) is 0 Å². The summed E-state index contributed by atoms with van der Waals surface area (Å²) in [6.45, 7) is 3.72. The highest BCUT2D eigenvalue weighted by Gasteiger charge is 2.32. The summed E-state index contributed by atoms with van der Waals surface area (Å²) in [5.74, 6) is 0. The molecule has 2 fully saturated rings. The molecular formula is C7H13FN2. The van der Waals surface area contributed by atoms with Crippen LogP contribution in [0.5, 0.6) is 0 Å². The minimum absolute atomic E-state index is 0.490. The Morgan fingerprint density at radius 1 is 1.50 bits per heavy atom. The minimum Gasteiger partial charge on any atom is -0.314 e. The molecule has 3 heteroatoms. The van der Waals surface area contributed by atoms with Gasteiger partial charge in [-0.1, -0.05) is 0 Å². The largest absolute Gasteiger partial charge is 0.314 e. The molecule has 2 aliphatic rings. The van der Waals surface area contributed by atoms with Crippen LogP contribution in [0.25, 0.3) is 0 Å². The minimum atomic E-state index is -0.565. The van der Waals surface area contributed by atoms with Crippen LogP contribution >= 0.6 is 0 Å². The Morgan fingerprint density at radius 2 is 2.40 bits per heavy atom. The molecule has 0 aromatic heterocycles. The van der Waals surface area contributed by atoms with E-state index in [9.17, 15) is 4.39 Å². The van der Waals surface area contributed by atoms with Crippen molar-refractivity contribution in [3.8, 4) is 0 Å². The molecule has 58 valence electrons. The van der Waals surface area contributed by atoms with Crippen LogP contribution < -0.4 is 5.32 Å². The number of nitrogens with zero attached hydrogens (tertiary/aromatic N) is 1. The van der Waals surface area contributed by atoms with Gasteiger partial charge in [0.25, 0.3) is 0 Å². The Hall–Kier alpha value is -0.150. The molecular weight excluding hydrogens is 131 g/mol. The van der Waals surface area contributed by atoms with E-state index in [1.165, 1.54) is 0 Å². The maximum atomic E-state index is 12.8. The van der Waals surface area contributed by atoms with Crippen LogP contribution in [0.2, 0.25) is 0 Å². The van der Waals surface area contributed by atoms with Crippen molar-refractivity contribution >= 4 is 0 Å². The normalized spacial score (nSPS) is 41.7. The van der Waals surface area contributed by atoms with E-state index in [2.05, 4.69) is 10.2 Å². The SMILES string of the molecule is F[C@H]1CC2CNCCN2C1. The van der Waals surface area contributed by atoms with Gasteiger partial charge in [-0.05, 0) is 6.42 Å². The van der Waals surface area contributed by atoms with E-state index >= 15 is 0 Å². The number of fused-ring (bicyclic) bond motifs is 1. The monoisotopic (exact) mass is 144 g/mol. The molecule has 2 atom stereocenters. The number of hydrogen-bond acceptors (Lipinski definition) is 2. The molecule has 2 heterocycles. The van der Waals surface area contributed by atoms with Gasteiger partial charge in [-0.25, -0.2) is 4.39 Å². The van der Waals surface area contributed by atoms with Crippen molar-refractivity contribution in [2.75, 3.05) is 26.2 Å². The molecule has 2 saturated heterocycles. The molecule has 0 radical (unpaired) electrons. The highest BCUT2D eigenvalue weighted by atomic mass is 19.1. The summed E-state index contributed by atoms with van der Waals surface area (Å²) >= 11 is 0. The van der Waals surface area contributed by atoms with Crippen molar-refractivity contribution in [3.63, 3.8) is 0 Å². The fourth-order valence-electron chi connectivity index (χ4n) is 1.90. The van der Waals surface area contributed by atoms with E-state index in [1.807, 2.05) is 0 Å². The lowest BCUT2D eigenvalue weighted by atomic mass is 10.2. The Bertz CT molecular complexity index is 115. The number of alkyl halides is 1. The molecule has 10 heavy (non-hydrogen) atoms. The van der Waals surface area contributed by atoms with Crippen LogP contribution in [0.3, 0.4) is 0 Å². The molecule has 2 nitrogen and oxygen atoms in total. The first-order chi connectivity index (χ1) is 4.86. The predicted molar refractivity (Wildman–Crippen MR) is 37.7 cm³/mol. The first kappa shape index (κ1) is 6.55. The first-order valence-corrected chi connectivity index (χ1v) is 3.95. The topological polar surface area (TPSA) is 15.3 Å². The van der Waals surface area contributed by atoms with Crippen molar-refractivity contribution in [1.82, 2.24) is 10.2 Å². The lowest BCUT2D eigenvalue weighted by Crippen LogP contribution is -2.47. The predicted octanol–water partition coefficient (Wildman–Crippen LogP) is 0.00200. The van der Waals surface area contributed by atoms with Crippen LogP contribution in [-0.4, -0.2) is 43.3 Å². The number of nitrogens with one attached hydrogen (secondary N) is 1. The zero-order chi connectivity index (χ0) is 6.97. The van der Waals surface area contributed by atoms with E-state index in [4.69, 9.17) is 0 Å². The van der Waals surface area contributed by atoms with Crippen LogP contribution in [0.15, 0.2) is 0 Å². The van der Waals surface area contributed by atoms with Gasteiger partial charge >= 0.3 is 0 Å². The van der Waals surface area contributed by atoms with Crippen molar-refractivity contribution in [3.05, 3.63) is 0 Å². The van der Waals surface area contributed by atoms with Crippen molar-refractivity contribution in [1.29, 1.82) is 0 Å². The Labute approximate surface area is 60.4 Å². The quantitative estimate of drug-likeness (QED) is 0.515. The number of piperazine rings is 1. The van der Waals surface area contributed by atoms with Gasteiger partial charge < -0.3 is 5.32 Å². The van der Waals surface area contributed by atoms with E-state index in [0.717, 1.165) is 26.1 Å². The molecule has 0 saturated carbocycles. The zero-order valence-electron chi connectivity index (χ0n) is 6.02. The van der Waals surface area contributed by atoms with Crippen LogP contribution in [0.1, 0.15) is 6.42 Å². The summed E-state index contributed by atoms with van der Waals surface area (Å²) < 4.78 is 12.8.